The van der Waals surface area contributed by atoms with Crippen LogP contribution in [0, 0.1) is 28.9 Å². The van der Waals surface area contributed by atoms with Gasteiger partial charge in [-0.1, -0.05) is 57.9 Å². The Balaban J connectivity index is 1.50. The molecule has 4 atom stereocenters. The lowest BCUT2D eigenvalue weighted by atomic mass is 9.86. The lowest BCUT2D eigenvalue weighted by molar-refractivity contribution is -0.384. The highest BCUT2D eigenvalue weighted by Crippen LogP contribution is 2.50. The number of ketones is 1. The van der Waals surface area contributed by atoms with Gasteiger partial charge in [0.05, 0.1) is 28.5 Å². The molecule has 2 fully saturated rings. The van der Waals surface area contributed by atoms with Crippen LogP contribution in [0.3, 0.4) is 0 Å². The van der Waals surface area contributed by atoms with Gasteiger partial charge in [0, 0.05) is 32.9 Å². The second-order valence-electron chi connectivity index (χ2n) is 9.57. The molecule has 8 nitrogen and oxygen atoms in total. The number of fused-ring (bicyclic) bond motifs is 5. The molecule has 10 heteroatoms. The molecule has 3 heterocycles. The van der Waals surface area contributed by atoms with Gasteiger partial charge in [-0.15, -0.1) is 0 Å². The number of anilines is 2. The van der Waals surface area contributed by atoms with Crippen molar-refractivity contribution in [1.29, 1.82) is 0 Å². The summed E-state index contributed by atoms with van der Waals surface area (Å²) in [6, 6.07) is 14.7. The van der Waals surface area contributed by atoms with E-state index in [0.29, 0.717) is 21.8 Å². The molecule has 0 spiro atoms. The third kappa shape index (κ3) is 3.60. The highest BCUT2D eigenvalue weighted by atomic mass is 79.9. The van der Waals surface area contributed by atoms with Gasteiger partial charge in [-0.2, -0.15) is 0 Å². The van der Waals surface area contributed by atoms with E-state index in [9.17, 15) is 24.5 Å². The minimum absolute atomic E-state index is 0.164. The molecule has 3 aromatic rings. The number of non-ortho nitro benzene ring substituents is 1. The quantitative estimate of drug-likeness (QED) is 0.169. The third-order valence-corrected chi connectivity index (χ3v) is 8.27. The van der Waals surface area contributed by atoms with Gasteiger partial charge in [0.25, 0.3) is 5.69 Å². The van der Waals surface area contributed by atoms with Crippen molar-refractivity contribution in [3.05, 3.63) is 103 Å². The first kappa shape index (κ1) is 24.5. The summed E-state index contributed by atoms with van der Waals surface area (Å²) in [4.78, 5) is 55.8. The average Bonchev–Trinajstić information content (AvgIpc) is 3.36. The zero-order valence-corrected chi connectivity index (χ0v) is 22.2. The molecule has 190 valence electrons. The molecule has 0 bridgehead atoms. The Bertz CT molecular complexity index is 1590. The van der Waals surface area contributed by atoms with Crippen molar-refractivity contribution >= 4 is 68.3 Å². The van der Waals surface area contributed by atoms with Crippen LogP contribution in [0.5, 0.6) is 0 Å². The maximum Gasteiger partial charge on any atom is 0.271 e. The molecule has 0 radical (unpaired) electrons. The predicted molar refractivity (Wildman–Crippen MR) is 146 cm³/mol. The number of nitrogens with zero attached hydrogens (tertiary/aromatic N) is 3. The summed E-state index contributed by atoms with van der Waals surface area (Å²) in [6.07, 6.45) is 3.69. The SMILES string of the molecule is Cc1ccc([N+](=O)[O-])cc1N1C(=O)[C@@H]2[C@H](C1=O)[C@@H](C(=O)c1ccc(Br)cc1)N1c3ccc(Cl)cc3C=C[C@@H]21. The number of hydrogen-bond acceptors (Lipinski definition) is 6. The van der Waals surface area contributed by atoms with Crippen LogP contribution < -0.4 is 9.80 Å². The Kier molecular flexibility index (Phi) is 5.73. The van der Waals surface area contributed by atoms with Gasteiger partial charge in [-0.25, -0.2) is 4.90 Å². The van der Waals surface area contributed by atoms with Crippen LogP contribution in [-0.2, 0) is 9.59 Å². The number of Topliss-reactive ketones (excluding diaryl/α,β-unsaturated/α-hetero) is 1. The fourth-order valence-corrected chi connectivity index (χ4v) is 6.26. The fraction of sp³-hybridized carbons (Fsp3) is 0.179. The van der Waals surface area contributed by atoms with Gasteiger partial charge in [-0.05, 0) is 48.4 Å². The van der Waals surface area contributed by atoms with Crippen LogP contribution in [0.15, 0.2) is 71.2 Å². The molecular formula is C28H19BrClN3O5. The number of carbonyl (C=O) groups is 3. The van der Waals surface area contributed by atoms with Crippen molar-refractivity contribution in [2.24, 2.45) is 11.8 Å². The van der Waals surface area contributed by atoms with Crippen molar-refractivity contribution in [3.8, 4) is 0 Å². The van der Waals surface area contributed by atoms with Gasteiger partial charge in [0.15, 0.2) is 5.78 Å². The smallest absolute Gasteiger partial charge is 0.271 e. The highest BCUT2D eigenvalue weighted by molar-refractivity contribution is 9.10. The van der Waals surface area contributed by atoms with Crippen molar-refractivity contribution in [1.82, 2.24) is 0 Å². The lowest BCUT2D eigenvalue weighted by Gasteiger charge is -2.36. The highest BCUT2D eigenvalue weighted by Gasteiger charge is 2.64. The summed E-state index contributed by atoms with van der Waals surface area (Å²) >= 11 is 9.61. The zero-order chi connectivity index (χ0) is 26.9. The van der Waals surface area contributed by atoms with Crippen molar-refractivity contribution in [2.45, 2.75) is 19.0 Å². The number of nitro benzene ring substituents is 1. The lowest BCUT2D eigenvalue weighted by Crippen LogP contribution is -2.49. The van der Waals surface area contributed by atoms with E-state index in [4.69, 9.17) is 11.6 Å². The van der Waals surface area contributed by atoms with Gasteiger partial charge in [-0.3, -0.25) is 24.5 Å². The summed E-state index contributed by atoms with van der Waals surface area (Å²) in [6.45, 7) is 1.69. The first-order valence-corrected chi connectivity index (χ1v) is 13.0. The Hall–Kier alpha value is -3.82. The zero-order valence-electron chi connectivity index (χ0n) is 19.9. The largest absolute Gasteiger partial charge is 0.352 e. The summed E-state index contributed by atoms with van der Waals surface area (Å²) in [5.74, 6) is -3.13. The molecular weight excluding hydrogens is 574 g/mol. The topological polar surface area (TPSA) is 101 Å². The minimum atomic E-state index is -0.978. The molecule has 0 N–H and O–H groups in total. The average molecular weight is 593 g/mol. The molecule has 3 aliphatic heterocycles. The Morgan fingerprint density at radius 1 is 0.974 bits per heavy atom. The molecule has 0 saturated carbocycles. The van der Waals surface area contributed by atoms with E-state index in [-0.39, 0.29) is 17.2 Å². The molecule has 0 aliphatic carbocycles. The van der Waals surface area contributed by atoms with Crippen LogP contribution in [-0.4, -0.2) is 34.6 Å². The van der Waals surface area contributed by atoms with Gasteiger partial charge < -0.3 is 4.90 Å². The van der Waals surface area contributed by atoms with E-state index in [1.165, 1.54) is 18.2 Å². The number of imide groups is 1. The molecule has 6 rings (SSSR count). The van der Waals surface area contributed by atoms with E-state index in [1.807, 2.05) is 17.1 Å². The van der Waals surface area contributed by atoms with Crippen LogP contribution in [0.25, 0.3) is 6.08 Å². The maximum absolute atomic E-state index is 14.1. The van der Waals surface area contributed by atoms with E-state index >= 15 is 0 Å². The van der Waals surface area contributed by atoms with Crippen LogP contribution in [0.1, 0.15) is 21.5 Å². The van der Waals surface area contributed by atoms with E-state index in [1.54, 1.807) is 49.4 Å². The predicted octanol–water partition coefficient (Wildman–Crippen LogP) is 5.59. The first-order valence-electron chi connectivity index (χ1n) is 11.9. The monoisotopic (exact) mass is 591 g/mol. The Morgan fingerprint density at radius 2 is 1.68 bits per heavy atom. The van der Waals surface area contributed by atoms with Gasteiger partial charge in [0.2, 0.25) is 11.8 Å². The summed E-state index contributed by atoms with van der Waals surface area (Å²) in [5, 5.41) is 12.0. The van der Waals surface area contributed by atoms with Crippen LogP contribution in [0.2, 0.25) is 5.02 Å². The van der Waals surface area contributed by atoms with Crippen molar-refractivity contribution in [3.63, 3.8) is 0 Å². The second-order valence-corrected chi connectivity index (χ2v) is 10.9. The molecule has 38 heavy (non-hydrogen) atoms. The van der Waals surface area contributed by atoms with E-state index < -0.39 is 40.7 Å². The third-order valence-electron chi connectivity index (χ3n) is 7.51. The molecule has 3 aliphatic rings. The minimum Gasteiger partial charge on any atom is -0.352 e. The van der Waals surface area contributed by atoms with E-state index in [0.717, 1.165) is 14.9 Å². The Morgan fingerprint density at radius 3 is 2.39 bits per heavy atom. The number of amides is 2. The molecule has 3 aromatic carbocycles. The van der Waals surface area contributed by atoms with Gasteiger partial charge >= 0.3 is 0 Å². The van der Waals surface area contributed by atoms with Crippen molar-refractivity contribution in [2.75, 3.05) is 9.80 Å². The maximum atomic E-state index is 14.1. The number of halogens is 2. The molecule has 0 aromatic heterocycles. The Labute approximate surface area is 230 Å². The number of hydrogen-bond donors (Lipinski definition) is 0. The molecule has 0 unspecified atom stereocenters. The standard InChI is InChI=1S/C28H19BrClN3O5/c1-14-2-9-19(33(37)38)13-22(14)32-27(35)23-21-10-5-16-12-18(30)8-11-20(16)31(21)25(24(23)28(32)36)26(34)15-3-6-17(29)7-4-15/h2-13,21,23-25H,1H3/t21-,23-,24-,25-/m0/s1. The van der Waals surface area contributed by atoms with Crippen LogP contribution in [0.4, 0.5) is 17.1 Å². The number of benzene rings is 3. The summed E-state index contributed by atoms with van der Waals surface area (Å²) in [7, 11) is 0. The summed E-state index contributed by atoms with van der Waals surface area (Å²) < 4.78 is 0.802. The number of carbonyl (C=O) groups excluding carboxylic acids is 3. The molecule has 2 amide bonds. The molecule has 2 saturated heterocycles. The normalized spacial score (nSPS) is 23.3. The number of nitro groups is 1. The first-order chi connectivity index (χ1) is 18.2. The summed E-state index contributed by atoms with van der Waals surface area (Å²) in [5.41, 5.74) is 2.39. The van der Waals surface area contributed by atoms with Crippen LogP contribution >= 0.6 is 27.5 Å². The van der Waals surface area contributed by atoms with Crippen molar-refractivity contribution < 1.29 is 19.3 Å². The number of rotatable bonds is 4. The van der Waals surface area contributed by atoms with E-state index in [2.05, 4.69) is 15.9 Å². The second kappa shape index (κ2) is 8.89. The number of aryl methyl sites for hydroxylation is 1. The van der Waals surface area contributed by atoms with Gasteiger partial charge in [0.1, 0.15) is 6.04 Å². The fourth-order valence-electron chi connectivity index (χ4n) is 5.82.